The summed E-state index contributed by atoms with van der Waals surface area (Å²) >= 11 is 0. The van der Waals surface area contributed by atoms with Gasteiger partial charge in [-0.3, -0.25) is 4.90 Å². The molecule has 1 N–H and O–H groups in total. The van der Waals surface area contributed by atoms with Gasteiger partial charge in [-0.25, -0.2) is 4.79 Å². The molecule has 0 aliphatic carbocycles. The van der Waals surface area contributed by atoms with Gasteiger partial charge in [-0.2, -0.15) is 5.26 Å². The first kappa shape index (κ1) is 12.7. The van der Waals surface area contributed by atoms with Crippen LogP contribution in [-0.2, 0) is 6.54 Å². The van der Waals surface area contributed by atoms with Crippen LogP contribution in [0.5, 0.6) is 0 Å². The molecule has 0 bridgehead atoms. The van der Waals surface area contributed by atoms with Crippen LogP contribution >= 0.6 is 0 Å². The first-order chi connectivity index (χ1) is 9.20. The van der Waals surface area contributed by atoms with Crippen molar-refractivity contribution in [1.29, 1.82) is 5.26 Å². The standard InChI is InChI=1S/C15H12N2O2/c16-10-12-6-8-14(9-7-12)17(15(18)19)11-13-4-2-1-3-5-13/h1-9H,11H2,(H,18,19). The zero-order valence-electron chi connectivity index (χ0n) is 10.2. The lowest BCUT2D eigenvalue weighted by atomic mass is 10.2. The summed E-state index contributed by atoms with van der Waals surface area (Å²) in [4.78, 5) is 12.6. The monoisotopic (exact) mass is 252 g/mol. The van der Waals surface area contributed by atoms with E-state index in [1.165, 1.54) is 4.90 Å². The normalized spacial score (nSPS) is 9.63. The van der Waals surface area contributed by atoms with Crippen LogP contribution in [-0.4, -0.2) is 11.2 Å². The number of nitriles is 1. The highest BCUT2D eigenvalue weighted by atomic mass is 16.4. The lowest BCUT2D eigenvalue weighted by molar-refractivity contribution is 0.201. The highest BCUT2D eigenvalue weighted by Gasteiger charge is 2.14. The molecule has 2 aromatic carbocycles. The van der Waals surface area contributed by atoms with E-state index in [0.29, 0.717) is 11.3 Å². The molecule has 0 saturated carbocycles. The Hall–Kier alpha value is -2.80. The smallest absolute Gasteiger partial charge is 0.412 e. The van der Waals surface area contributed by atoms with E-state index in [9.17, 15) is 9.90 Å². The van der Waals surface area contributed by atoms with Gasteiger partial charge in [0.25, 0.3) is 0 Å². The van der Waals surface area contributed by atoms with Crippen LogP contribution in [0.2, 0.25) is 0 Å². The zero-order valence-corrected chi connectivity index (χ0v) is 10.2. The number of nitrogens with zero attached hydrogens (tertiary/aromatic N) is 2. The number of benzene rings is 2. The van der Waals surface area contributed by atoms with Crippen molar-refractivity contribution >= 4 is 11.8 Å². The molecule has 0 heterocycles. The van der Waals surface area contributed by atoms with Crippen molar-refractivity contribution in [2.24, 2.45) is 0 Å². The predicted molar refractivity (Wildman–Crippen MR) is 71.8 cm³/mol. The molecule has 1 amide bonds. The van der Waals surface area contributed by atoms with Crippen molar-refractivity contribution in [3.05, 3.63) is 65.7 Å². The Bertz CT molecular complexity index is 600. The first-order valence-corrected chi connectivity index (χ1v) is 5.75. The highest BCUT2D eigenvalue weighted by molar-refractivity contribution is 5.86. The van der Waals surface area contributed by atoms with Gasteiger partial charge in [0.15, 0.2) is 0 Å². The summed E-state index contributed by atoms with van der Waals surface area (Å²) in [5.74, 6) is 0. The molecule has 0 fully saturated rings. The Morgan fingerprint density at radius 1 is 1.11 bits per heavy atom. The molecule has 0 saturated heterocycles. The molecule has 19 heavy (non-hydrogen) atoms. The first-order valence-electron chi connectivity index (χ1n) is 5.75. The Morgan fingerprint density at radius 2 is 1.74 bits per heavy atom. The minimum absolute atomic E-state index is 0.280. The maximum absolute atomic E-state index is 11.3. The van der Waals surface area contributed by atoms with E-state index in [1.807, 2.05) is 36.4 Å². The van der Waals surface area contributed by atoms with E-state index >= 15 is 0 Å². The van der Waals surface area contributed by atoms with Crippen LogP contribution in [0.3, 0.4) is 0 Å². The van der Waals surface area contributed by atoms with Gasteiger partial charge in [0, 0.05) is 5.69 Å². The van der Waals surface area contributed by atoms with E-state index < -0.39 is 6.09 Å². The number of carboxylic acid groups (broad SMARTS) is 1. The summed E-state index contributed by atoms with van der Waals surface area (Å²) in [5.41, 5.74) is 1.97. The molecule has 2 rings (SSSR count). The van der Waals surface area contributed by atoms with Crippen molar-refractivity contribution in [3.63, 3.8) is 0 Å². The van der Waals surface area contributed by atoms with Gasteiger partial charge < -0.3 is 5.11 Å². The molecule has 94 valence electrons. The molecule has 0 aliphatic rings. The van der Waals surface area contributed by atoms with Gasteiger partial charge >= 0.3 is 6.09 Å². The van der Waals surface area contributed by atoms with Crippen molar-refractivity contribution in [2.45, 2.75) is 6.54 Å². The van der Waals surface area contributed by atoms with Gasteiger partial charge in [0.2, 0.25) is 0 Å². The number of carbonyl (C=O) groups is 1. The van der Waals surface area contributed by atoms with Crippen LogP contribution in [0.1, 0.15) is 11.1 Å². The van der Waals surface area contributed by atoms with Crippen molar-refractivity contribution in [3.8, 4) is 6.07 Å². The van der Waals surface area contributed by atoms with Crippen LogP contribution in [0.15, 0.2) is 54.6 Å². The van der Waals surface area contributed by atoms with E-state index in [4.69, 9.17) is 5.26 Å². The predicted octanol–water partition coefficient (Wildman–Crippen LogP) is 3.24. The van der Waals surface area contributed by atoms with E-state index in [1.54, 1.807) is 24.3 Å². The molecule has 0 spiro atoms. The van der Waals surface area contributed by atoms with Gasteiger partial charge in [0.1, 0.15) is 0 Å². The molecule has 0 unspecified atom stereocenters. The zero-order chi connectivity index (χ0) is 13.7. The molecule has 0 aliphatic heterocycles. The highest BCUT2D eigenvalue weighted by Crippen LogP contribution is 2.18. The fourth-order valence-electron chi connectivity index (χ4n) is 1.75. The van der Waals surface area contributed by atoms with Crippen molar-refractivity contribution < 1.29 is 9.90 Å². The van der Waals surface area contributed by atoms with Gasteiger partial charge in [-0.1, -0.05) is 30.3 Å². The average Bonchev–Trinajstić information content (AvgIpc) is 2.46. The number of rotatable bonds is 3. The van der Waals surface area contributed by atoms with Crippen LogP contribution in [0.25, 0.3) is 0 Å². The number of anilines is 1. The minimum Gasteiger partial charge on any atom is -0.465 e. The Kier molecular flexibility index (Phi) is 3.79. The Morgan fingerprint density at radius 3 is 2.26 bits per heavy atom. The summed E-state index contributed by atoms with van der Waals surface area (Å²) in [6.45, 7) is 0.280. The fraction of sp³-hybridized carbons (Fsp3) is 0.0667. The van der Waals surface area contributed by atoms with E-state index in [0.717, 1.165) is 5.56 Å². The third kappa shape index (κ3) is 3.11. The van der Waals surface area contributed by atoms with E-state index in [2.05, 4.69) is 0 Å². The number of amides is 1. The summed E-state index contributed by atoms with van der Waals surface area (Å²) in [6.07, 6.45) is -1.02. The second-order valence-corrected chi connectivity index (χ2v) is 4.01. The lowest BCUT2D eigenvalue weighted by Crippen LogP contribution is -2.28. The van der Waals surface area contributed by atoms with Gasteiger partial charge in [-0.15, -0.1) is 0 Å². The van der Waals surface area contributed by atoms with E-state index in [-0.39, 0.29) is 6.54 Å². The van der Waals surface area contributed by atoms with Gasteiger partial charge in [0.05, 0.1) is 18.2 Å². The maximum atomic E-state index is 11.3. The molecule has 2 aromatic rings. The third-order valence-corrected chi connectivity index (χ3v) is 2.72. The number of hydrogen-bond acceptors (Lipinski definition) is 2. The second kappa shape index (κ2) is 5.69. The molecular formula is C15H12N2O2. The summed E-state index contributed by atoms with van der Waals surface area (Å²) in [7, 11) is 0. The van der Waals surface area contributed by atoms with Crippen molar-refractivity contribution in [1.82, 2.24) is 0 Å². The summed E-state index contributed by atoms with van der Waals surface area (Å²) in [6, 6.07) is 17.9. The van der Waals surface area contributed by atoms with Crippen LogP contribution in [0.4, 0.5) is 10.5 Å². The van der Waals surface area contributed by atoms with Crippen LogP contribution in [0, 0.1) is 11.3 Å². The summed E-state index contributed by atoms with van der Waals surface area (Å²) < 4.78 is 0. The van der Waals surface area contributed by atoms with Crippen LogP contribution < -0.4 is 4.90 Å². The molecule has 0 aromatic heterocycles. The fourth-order valence-corrected chi connectivity index (χ4v) is 1.75. The summed E-state index contributed by atoms with van der Waals surface area (Å²) in [5, 5.41) is 18.0. The quantitative estimate of drug-likeness (QED) is 0.911. The number of hydrogen-bond donors (Lipinski definition) is 1. The maximum Gasteiger partial charge on any atom is 0.412 e. The molecule has 4 nitrogen and oxygen atoms in total. The molecular weight excluding hydrogens is 240 g/mol. The third-order valence-electron chi connectivity index (χ3n) is 2.72. The largest absolute Gasteiger partial charge is 0.465 e. The lowest BCUT2D eigenvalue weighted by Gasteiger charge is -2.19. The Balaban J connectivity index is 2.25. The average molecular weight is 252 g/mol. The topological polar surface area (TPSA) is 64.3 Å². The van der Waals surface area contributed by atoms with Crippen molar-refractivity contribution in [2.75, 3.05) is 4.90 Å². The van der Waals surface area contributed by atoms with Gasteiger partial charge in [-0.05, 0) is 29.8 Å². The minimum atomic E-state index is -1.02. The Labute approximate surface area is 111 Å². The molecule has 0 atom stereocenters. The SMILES string of the molecule is N#Cc1ccc(N(Cc2ccccc2)C(=O)O)cc1. The molecule has 4 heteroatoms. The molecule has 0 radical (unpaired) electrons. The second-order valence-electron chi connectivity index (χ2n) is 4.01.